The van der Waals surface area contributed by atoms with Crippen LogP contribution in [0.25, 0.3) is 0 Å². The van der Waals surface area contributed by atoms with E-state index in [0.29, 0.717) is 12.3 Å². The molecule has 2 unspecified atom stereocenters. The van der Waals surface area contributed by atoms with Gasteiger partial charge >= 0.3 is 0 Å². The van der Waals surface area contributed by atoms with Crippen LogP contribution in [0.1, 0.15) is 73.6 Å². The Hall–Kier alpha value is -0.860. The Kier molecular flexibility index (Phi) is 4.75. The van der Waals surface area contributed by atoms with Crippen molar-refractivity contribution in [3.8, 4) is 0 Å². The van der Waals surface area contributed by atoms with Crippen LogP contribution in [-0.2, 0) is 9.59 Å². The van der Waals surface area contributed by atoms with Crippen molar-refractivity contribution in [1.29, 1.82) is 0 Å². The van der Waals surface area contributed by atoms with E-state index in [1.165, 1.54) is 25.7 Å². The topological polar surface area (TPSA) is 46.2 Å². The lowest BCUT2D eigenvalue weighted by atomic mass is 9.75. The Balaban J connectivity index is 1.98. The van der Waals surface area contributed by atoms with Crippen LogP contribution < -0.4 is 5.32 Å². The van der Waals surface area contributed by atoms with E-state index in [4.69, 9.17) is 0 Å². The number of carbonyl (C=O) groups excluding carboxylic acids is 2. The van der Waals surface area contributed by atoms with Crippen LogP contribution in [0.5, 0.6) is 0 Å². The van der Waals surface area contributed by atoms with Gasteiger partial charge in [0.25, 0.3) is 0 Å². The largest absolute Gasteiger partial charge is 0.346 e. The van der Waals surface area contributed by atoms with Crippen molar-refractivity contribution in [2.75, 3.05) is 0 Å². The molecular weight excluding hydrogens is 274 g/mol. The SMILES string of the molecule is CC(C)(C)C(=O)[C@@H](NC(=O)C[C@H]1CC2CCC1C2)C(C)(C)C. The molecule has 22 heavy (non-hydrogen) atoms. The first-order valence-corrected chi connectivity index (χ1v) is 8.82. The summed E-state index contributed by atoms with van der Waals surface area (Å²) in [6.07, 6.45) is 5.79. The van der Waals surface area contributed by atoms with E-state index < -0.39 is 11.5 Å². The molecule has 4 atom stereocenters. The van der Waals surface area contributed by atoms with Crippen molar-refractivity contribution in [3.05, 3.63) is 0 Å². The van der Waals surface area contributed by atoms with Gasteiger partial charge in [-0.25, -0.2) is 0 Å². The number of fused-ring (bicyclic) bond motifs is 2. The van der Waals surface area contributed by atoms with Gasteiger partial charge in [0, 0.05) is 11.8 Å². The van der Waals surface area contributed by atoms with E-state index in [2.05, 4.69) is 5.32 Å². The highest BCUT2D eigenvalue weighted by Gasteiger charge is 2.42. The van der Waals surface area contributed by atoms with Crippen molar-refractivity contribution < 1.29 is 9.59 Å². The summed E-state index contributed by atoms with van der Waals surface area (Å²) in [6, 6.07) is -0.404. The molecular formula is C19H33NO2. The second kappa shape index (κ2) is 5.98. The van der Waals surface area contributed by atoms with Crippen LogP contribution in [-0.4, -0.2) is 17.7 Å². The van der Waals surface area contributed by atoms with E-state index in [1.54, 1.807) is 0 Å². The minimum atomic E-state index is -0.433. The average Bonchev–Trinajstić information content (AvgIpc) is 2.94. The first-order chi connectivity index (χ1) is 9.98. The van der Waals surface area contributed by atoms with Gasteiger partial charge in [-0.1, -0.05) is 48.0 Å². The molecule has 0 aromatic heterocycles. The van der Waals surface area contributed by atoms with E-state index in [-0.39, 0.29) is 17.1 Å². The fourth-order valence-corrected chi connectivity index (χ4v) is 4.19. The molecule has 1 N–H and O–H groups in total. The van der Waals surface area contributed by atoms with E-state index >= 15 is 0 Å². The fourth-order valence-electron chi connectivity index (χ4n) is 4.19. The number of carbonyl (C=O) groups is 2. The minimum absolute atomic E-state index is 0.0649. The third kappa shape index (κ3) is 3.91. The summed E-state index contributed by atoms with van der Waals surface area (Å²) in [5.41, 5.74) is -0.688. The predicted molar refractivity (Wildman–Crippen MR) is 89.4 cm³/mol. The van der Waals surface area contributed by atoms with Crippen molar-refractivity contribution >= 4 is 11.7 Å². The third-order valence-electron chi connectivity index (χ3n) is 5.50. The lowest BCUT2D eigenvalue weighted by Gasteiger charge is -2.35. The molecule has 1 amide bonds. The molecule has 0 aliphatic heterocycles. The van der Waals surface area contributed by atoms with Crippen molar-refractivity contribution in [1.82, 2.24) is 5.32 Å². The Bertz CT molecular complexity index is 441. The molecule has 0 saturated heterocycles. The maximum atomic E-state index is 12.7. The molecule has 0 aromatic carbocycles. The summed E-state index contributed by atoms with van der Waals surface area (Å²) in [4.78, 5) is 25.2. The van der Waals surface area contributed by atoms with Gasteiger partial charge in [0.1, 0.15) is 0 Å². The number of Topliss-reactive ketones (excluding diaryl/α,β-unsaturated/α-hetero) is 1. The van der Waals surface area contributed by atoms with Crippen LogP contribution in [0.15, 0.2) is 0 Å². The number of hydrogen-bond acceptors (Lipinski definition) is 2. The highest BCUT2D eigenvalue weighted by atomic mass is 16.2. The highest BCUT2D eigenvalue weighted by molar-refractivity contribution is 5.93. The summed E-state index contributed by atoms with van der Waals surface area (Å²) in [5.74, 6) is 2.35. The van der Waals surface area contributed by atoms with E-state index in [0.717, 1.165) is 11.8 Å². The van der Waals surface area contributed by atoms with Crippen molar-refractivity contribution in [3.63, 3.8) is 0 Å². The lowest BCUT2D eigenvalue weighted by Crippen LogP contribution is -2.53. The lowest BCUT2D eigenvalue weighted by molar-refractivity contribution is -0.135. The number of ketones is 1. The van der Waals surface area contributed by atoms with Crippen LogP contribution in [0, 0.1) is 28.6 Å². The summed E-state index contributed by atoms with van der Waals surface area (Å²) in [5, 5.41) is 3.06. The average molecular weight is 307 g/mol. The Morgan fingerprint density at radius 3 is 2.09 bits per heavy atom. The summed E-state index contributed by atoms with van der Waals surface area (Å²) in [7, 11) is 0. The highest BCUT2D eigenvalue weighted by Crippen LogP contribution is 2.49. The van der Waals surface area contributed by atoms with Crippen molar-refractivity contribution in [2.24, 2.45) is 28.6 Å². The zero-order valence-corrected chi connectivity index (χ0v) is 15.2. The standard InChI is InChI=1S/C19H33NO2/c1-18(2,3)16(17(22)19(4,5)6)20-15(21)11-14-10-12-7-8-13(14)9-12/h12-14,16H,7-11H2,1-6H3,(H,20,21)/t12?,13?,14-,16-/m1/s1. The first-order valence-electron chi connectivity index (χ1n) is 8.82. The third-order valence-corrected chi connectivity index (χ3v) is 5.50. The molecule has 0 spiro atoms. The summed E-state index contributed by atoms with van der Waals surface area (Å²) in [6.45, 7) is 11.9. The van der Waals surface area contributed by atoms with Gasteiger partial charge in [0.15, 0.2) is 5.78 Å². The number of nitrogens with one attached hydrogen (secondary N) is 1. The minimum Gasteiger partial charge on any atom is -0.346 e. The van der Waals surface area contributed by atoms with Gasteiger partial charge in [0.2, 0.25) is 5.91 Å². The van der Waals surface area contributed by atoms with Crippen LogP contribution in [0.3, 0.4) is 0 Å². The van der Waals surface area contributed by atoms with Crippen LogP contribution in [0.2, 0.25) is 0 Å². The number of rotatable bonds is 4. The molecule has 2 saturated carbocycles. The second-order valence-electron chi connectivity index (χ2n) is 9.62. The van der Waals surface area contributed by atoms with Gasteiger partial charge in [-0.3, -0.25) is 9.59 Å². The van der Waals surface area contributed by atoms with E-state index in [1.807, 2.05) is 41.5 Å². The molecule has 2 aliphatic rings. The molecule has 0 aromatic rings. The number of hydrogen-bond donors (Lipinski definition) is 1. The fraction of sp³-hybridized carbons (Fsp3) is 0.895. The normalized spacial score (nSPS) is 29.5. The monoisotopic (exact) mass is 307 g/mol. The van der Waals surface area contributed by atoms with Gasteiger partial charge in [-0.15, -0.1) is 0 Å². The van der Waals surface area contributed by atoms with E-state index in [9.17, 15) is 9.59 Å². The maximum Gasteiger partial charge on any atom is 0.220 e. The summed E-state index contributed by atoms with van der Waals surface area (Å²) >= 11 is 0. The quantitative estimate of drug-likeness (QED) is 0.854. The predicted octanol–water partition coefficient (Wildman–Crippen LogP) is 3.96. The smallest absolute Gasteiger partial charge is 0.220 e. The Morgan fingerprint density at radius 2 is 1.68 bits per heavy atom. The molecule has 3 nitrogen and oxygen atoms in total. The zero-order valence-electron chi connectivity index (χ0n) is 15.2. The van der Waals surface area contributed by atoms with Gasteiger partial charge in [-0.05, 0) is 42.4 Å². The molecule has 126 valence electrons. The molecule has 2 fully saturated rings. The molecule has 0 heterocycles. The van der Waals surface area contributed by atoms with Gasteiger partial charge in [0.05, 0.1) is 6.04 Å². The Morgan fingerprint density at radius 1 is 1.05 bits per heavy atom. The van der Waals surface area contributed by atoms with Gasteiger partial charge in [-0.2, -0.15) is 0 Å². The van der Waals surface area contributed by atoms with Crippen LogP contribution >= 0.6 is 0 Å². The number of amides is 1. The molecule has 2 rings (SSSR count). The van der Waals surface area contributed by atoms with Crippen LogP contribution in [0.4, 0.5) is 0 Å². The molecule has 3 heteroatoms. The van der Waals surface area contributed by atoms with Crippen molar-refractivity contribution in [2.45, 2.75) is 79.7 Å². The zero-order chi connectivity index (χ0) is 16.7. The maximum absolute atomic E-state index is 12.7. The Labute approximate surface area is 135 Å². The first kappa shape index (κ1) is 17.5. The second-order valence-corrected chi connectivity index (χ2v) is 9.62. The molecule has 0 radical (unpaired) electrons. The van der Waals surface area contributed by atoms with Gasteiger partial charge < -0.3 is 5.32 Å². The summed E-state index contributed by atoms with van der Waals surface area (Å²) < 4.78 is 0. The molecule has 2 bridgehead atoms. The molecule has 2 aliphatic carbocycles.